The van der Waals surface area contributed by atoms with Gasteiger partial charge in [-0.25, -0.2) is 4.79 Å². The molecule has 31 heteroatoms. The molecule has 0 saturated carbocycles. The van der Waals surface area contributed by atoms with Gasteiger partial charge in [0, 0.05) is 71.8 Å². The predicted molar refractivity (Wildman–Crippen MR) is 285 cm³/mol. The van der Waals surface area contributed by atoms with E-state index in [9.17, 15) is 89.4 Å². The van der Waals surface area contributed by atoms with E-state index in [2.05, 4.69) is 0 Å². The van der Waals surface area contributed by atoms with Crippen LogP contribution in [0.1, 0.15) is 57.6 Å². The monoisotopic (exact) mass is 1210 g/mol. The number of rotatable bonds is 21. The van der Waals surface area contributed by atoms with Crippen molar-refractivity contribution in [3.63, 3.8) is 0 Å². The van der Waals surface area contributed by atoms with Crippen LogP contribution in [0.4, 0.5) is 11.4 Å². The van der Waals surface area contributed by atoms with Crippen molar-refractivity contribution in [1.82, 2.24) is 4.73 Å². The Kier molecular flexibility index (Phi) is 15.7. The minimum atomic E-state index is -5.23. The Labute approximate surface area is 456 Å². The van der Waals surface area contributed by atoms with Gasteiger partial charge in [-0.15, -0.1) is 4.73 Å². The zero-order valence-electron chi connectivity index (χ0n) is 42.6. The Balaban J connectivity index is 1.33. The minimum absolute atomic E-state index is 0.0740. The fourth-order valence-electron chi connectivity index (χ4n) is 10.8. The Hall–Kier alpha value is -6.49. The number of aromatic hydroxyl groups is 2. The van der Waals surface area contributed by atoms with Crippen molar-refractivity contribution in [2.75, 3.05) is 50.7 Å². The van der Waals surface area contributed by atoms with Crippen LogP contribution in [0.3, 0.4) is 0 Å². The first kappa shape index (κ1) is 59.6. The zero-order valence-corrected chi connectivity index (χ0v) is 46.7. The van der Waals surface area contributed by atoms with Crippen LogP contribution < -0.4 is 31.0 Å². The third-order valence-electron chi connectivity index (χ3n) is 14.3. The summed E-state index contributed by atoms with van der Waals surface area (Å²) in [4.78, 5) is 45.5. The zero-order chi connectivity index (χ0) is 59.0. The van der Waals surface area contributed by atoms with E-state index in [0.29, 0.717) is 16.9 Å². The van der Waals surface area contributed by atoms with Crippen molar-refractivity contribution in [2.45, 2.75) is 82.9 Å². The van der Waals surface area contributed by atoms with Crippen LogP contribution in [0.5, 0.6) is 11.8 Å². The maximum absolute atomic E-state index is 14.7. The van der Waals surface area contributed by atoms with Crippen LogP contribution >= 0.6 is 0 Å². The van der Waals surface area contributed by atoms with Gasteiger partial charge in [0.2, 0.25) is 28.3 Å². The van der Waals surface area contributed by atoms with E-state index < -0.39 is 132 Å². The molecular formula is C49H52N3O23S5+. The van der Waals surface area contributed by atoms with Crippen molar-refractivity contribution in [2.24, 2.45) is 0 Å². The van der Waals surface area contributed by atoms with E-state index in [1.165, 1.54) is 50.5 Å². The van der Waals surface area contributed by atoms with Gasteiger partial charge in [-0.1, -0.05) is 19.9 Å². The lowest BCUT2D eigenvalue weighted by Gasteiger charge is -2.32. The molecule has 6 aromatic rings. The van der Waals surface area contributed by atoms with E-state index in [0.717, 1.165) is 24.3 Å². The highest BCUT2D eigenvalue weighted by Gasteiger charge is 2.50. The highest BCUT2D eigenvalue weighted by molar-refractivity contribution is 7.87. The maximum atomic E-state index is 14.7. The fourth-order valence-corrected chi connectivity index (χ4v) is 14.0. The Bertz CT molecular complexity index is 4380. The minimum Gasteiger partial charge on any atom is -0.492 e. The molecule has 0 bridgehead atoms. The number of hydrogen-bond acceptors (Lipinski definition) is 19. The molecule has 430 valence electrons. The lowest BCUT2D eigenvalue weighted by atomic mass is 9.73. The molecule has 1 aromatic heterocycles. The summed E-state index contributed by atoms with van der Waals surface area (Å²) in [5.41, 5.74) is -3.89. The Morgan fingerprint density at radius 1 is 0.675 bits per heavy atom. The van der Waals surface area contributed by atoms with Gasteiger partial charge in [-0.05, 0) is 85.0 Å². The number of methoxy groups -OCH3 is 1. The van der Waals surface area contributed by atoms with Crippen LogP contribution in [-0.4, -0.2) is 148 Å². The Morgan fingerprint density at radius 3 is 1.75 bits per heavy atom. The lowest BCUT2D eigenvalue weighted by molar-refractivity contribution is -0.441. The van der Waals surface area contributed by atoms with Crippen molar-refractivity contribution in [3.05, 3.63) is 103 Å². The van der Waals surface area contributed by atoms with Crippen molar-refractivity contribution >= 4 is 107 Å². The summed E-state index contributed by atoms with van der Waals surface area (Å²) >= 11 is 0. The lowest BCUT2D eigenvalue weighted by Crippen LogP contribution is -2.66. The molecule has 2 atom stereocenters. The molecule has 0 spiro atoms. The number of aromatic nitrogens is 1. The fraction of sp³-hybridized carbons (Fsp3) is 0.347. The van der Waals surface area contributed by atoms with Crippen LogP contribution in [0.2, 0.25) is 0 Å². The van der Waals surface area contributed by atoms with Crippen LogP contribution in [0.15, 0.2) is 89.8 Å². The second-order valence-electron chi connectivity index (χ2n) is 19.8. The summed E-state index contributed by atoms with van der Waals surface area (Å²) in [6, 6.07) is 9.37. The molecule has 0 fully saturated rings. The standard InChI is InChI=1S/C49H51N3O23S5/c1-48(2)39(50(15-5-7-43(55)75-52-41(53)12-13-42(52)54)35-10-8-29-31(44(35)48)21-27(77(61,62)63)23-37(29)79(67,68)69)25-33-46(56)34(47(33)57)26-40-49(3,14-6-20-76(58,59)60)45-32-22-28(78(64,65)66)24-38(80(70,71)72)30(32)9-11-36(45)51(40)16-17-74-19-18-73-4/h8-13,21-26,39H,5-7,14-20H2,1-4H3,(H6,56,57,58,59,60,61,62,63,64,65,66,67,68,69,70,71,72)/p+1. The highest BCUT2D eigenvalue weighted by Crippen LogP contribution is 2.51. The molecule has 0 amide bonds. The number of benzene rings is 4. The van der Waals surface area contributed by atoms with Crippen LogP contribution in [0, 0.1) is 0 Å². The van der Waals surface area contributed by atoms with E-state index in [-0.39, 0.29) is 108 Å². The molecule has 2 aliphatic heterocycles. The first-order valence-corrected chi connectivity index (χ1v) is 31.3. The van der Waals surface area contributed by atoms with E-state index in [1.54, 1.807) is 23.3 Å². The summed E-state index contributed by atoms with van der Waals surface area (Å²) in [6.07, 6.45) is 1.47. The second kappa shape index (κ2) is 21.1. The third kappa shape index (κ3) is 11.3. The topological polar surface area (TPSA) is 402 Å². The summed E-state index contributed by atoms with van der Waals surface area (Å²) in [5, 5.41) is 18.5. The molecule has 0 radical (unpaired) electrons. The number of anilines is 1. The normalized spacial score (nSPS) is 17.6. The molecule has 3 heterocycles. The van der Waals surface area contributed by atoms with Crippen LogP contribution in [0.25, 0.3) is 33.7 Å². The van der Waals surface area contributed by atoms with Gasteiger partial charge in [0.05, 0.1) is 50.7 Å². The van der Waals surface area contributed by atoms with Gasteiger partial charge in [0.15, 0.2) is 12.3 Å². The summed E-state index contributed by atoms with van der Waals surface area (Å²) in [7, 11) is -24.0. The number of carbonyl (C=O) groups excluding carboxylic acids is 1. The smallest absolute Gasteiger partial charge is 0.333 e. The second-order valence-corrected chi connectivity index (χ2v) is 27.0. The van der Waals surface area contributed by atoms with Crippen molar-refractivity contribution < 1.29 is 98.7 Å². The first-order chi connectivity index (χ1) is 37.0. The quantitative estimate of drug-likeness (QED) is 0.0304. The summed E-state index contributed by atoms with van der Waals surface area (Å²) in [6.45, 7) is 4.69. The largest absolute Gasteiger partial charge is 0.492 e. The molecule has 2 aliphatic rings. The van der Waals surface area contributed by atoms with Gasteiger partial charge in [-0.2, -0.15) is 46.7 Å². The SMILES string of the molecule is COCCOCC[N+]1=C(C=c2c(=O)c(=CC3N(CCCC(=O)On4c(O)ccc4O)c4ccc5c(S(=O)(=O)O)cc(S(=O)(=O)O)cc5c4C3(C)C)c2=O)C(C)(CCCS(=O)(=O)O)c2c1ccc1c(S(=O)(=O)O)cc(S(=O)(=O)O)cc21. The first-order valence-electron chi connectivity index (χ1n) is 23.9. The number of hydrogen-bond donors (Lipinski definition) is 7. The molecule has 26 nitrogen and oxygen atoms in total. The summed E-state index contributed by atoms with van der Waals surface area (Å²) in [5.74, 6) is -2.97. The number of carbonyl (C=O) groups is 1. The van der Waals surface area contributed by atoms with Gasteiger partial charge < -0.3 is 29.4 Å². The van der Waals surface area contributed by atoms with Gasteiger partial charge in [0.25, 0.3) is 50.6 Å². The molecule has 2 unspecified atom stereocenters. The van der Waals surface area contributed by atoms with Crippen molar-refractivity contribution in [3.8, 4) is 11.8 Å². The Morgan fingerprint density at radius 2 is 1.23 bits per heavy atom. The van der Waals surface area contributed by atoms with Gasteiger partial charge >= 0.3 is 5.97 Å². The van der Waals surface area contributed by atoms with E-state index in [1.807, 2.05) is 0 Å². The number of fused-ring (bicyclic) bond motifs is 6. The van der Waals surface area contributed by atoms with Gasteiger partial charge in [0.1, 0.15) is 16.4 Å². The molecule has 8 rings (SSSR count). The van der Waals surface area contributed by atoms with E-state index in [4.69, 9.17) is 14.3 Å². The maximum Gasteiger partial charge on any atom is 0.333 e. The molecule has 5 aromatic carbocycles. The third-order valence-corrected chi connectivity index (χ3v) is 18.6. The number of nitrogens with zero attached hydrogens (tertiary/aromatic N) is 3. The molecule has 80 heavy (non-hydrogen) atoms. The predicted octanol–water partition coefficient (Wildman–Crippen LogP) is 1.34. The summed E-state index contributed by atoms with van der Waals surface area (Å²) < 4.78 is 190. The van der Waals surface area contributed by atoms with Crippen molar-refractivity contribution in [1.29, 1.82) is 0 Å². The van der Waals surface area contributed by atoms with Crippen LogP contribution in [-0.2, 0) is 75.7 Å². The number of ether oxygens (including phenoxy) is 2. The molecule has 0 saturated heterocycles. The average molecular weight is 1210 g/mol. The molecule has 7 N–H and O–H groups in total. The molecular weight excluding hydrogens is 1160 g/mol. The average Bonchev–Trinajstić information content (AvgIpc) is 3.88. The van der Waals surface area contributed by atoms with E-state index >= 15 is 0 Å². The molecule has 0 aliphatic carbocycles. The van der Waals surface area contributed by atoms with Gasteiger partial charge in [-0.3, -0.25) is 32.4 Å². The highest BCUT2D eigenvalue weighted by atomic mass is 32.2.